The van der Waals surface area contributed by atoms with Gasteiger partial charge in [-0.25, -0.2) is 4.98 Å². The van der Waals surface area contributed by atoms with Gasteiger partial charge in [0.25, 0.3) is 0 Å². The minimum atomic E-state index is 0.557. The summed E-state index contributed by atoms with van der Waals surface area (Å²) < 4.78 is 0. The average Bonchev–Trinajstić information content (AvgIpc) is 2.40. The van der Waals surface area contributed by atoms with E-state index in [1.807, 2.05) is 30.3 Å². The Balaban J connectivity index is 1.91. The van der Waals surface area contributed by atoms with E-state index in [2.05, 4.69) is 20.6 Å². The van der Waals surface area contributed by atoms with Crippen molar-refractivity contribution in [1.82, 2.24) is 15.3 Å². The molecule has 0 fully saturated rings. The van der Waals surface area contributed by atoms with Gasteiger partial charge in [-0.3, -0.25) is 0 Å². The Morgan fingerprint density at radius 1 is 1.17 bits per heavy atom. The van der Waals surface area contributed by atoms with Crippen LogP contribution in [0.2, 0.25) is 0 Å². The fourth-order valence-corrected chi connectivity index (χ4v) is 2.09. The van der Waals surface area contributed by atoms with Crippen molar-refractivity contribution in [1.29, 1.82) is 0 Å². The first-order valence-corrected chi connectivity index (χ1v) is 6.01. The minimum absolute atomic E-state index is 0.557. The van der Waals surface area contributed by atoms with Gasteiger partial charge in [0.2, 0.25) is 5.95 Å². The molecule has 0 atom stereocenters. The molecule has 0 radical (unpaired) electrons. The van der Waals surface area contributed by atoms with Gasteiger partial charge in [0.1, 0.15) is 5.82 Å². The Morgan fingerprint density at radius 2 is 2.00 bits per heavy atom. The predicted octanol–water partition coefficient (Wildman–Crippen LogP) is 1.45. The van der Waals surface area contributed by atoms with Gasteiger partial charge in [-0.05, 0) is 25.1 Å². The average molecular weight is 241 g/mol. The molecule has 92 valence electrons. The van der Waals surface area contributed by atoms with E-state index in [0.717, 1.165) is 36.5 Å². The first-order valence-electron chi connectivity index (χ1n) is 6.01. The zero-order valence-electron chi connectivity index (χ0n) is 9.98. The smallest absolute Gasteiger partial charge is 0.229 e. The molecule has 5 nitrogen and oxygen atoms in total. The number of nitrogens with two attached hydrogens (primary N) is 1. The Labute approximate surface area is 105 Å². The molecule has 3 rings (SSSR count). The number of hydrogen-bond acceptors (Lipinski definition) is 5. The van der Waals surface area contributed by atoms with E-state index in [9.17, 15) is 0 Å². The van der Waals surface area contributed by atoms with Crippen molar-refractivity contribution in [3.05, 3.63) is 41.6 Å². The van der Waals surface area contributed by atoms with Crippen LogP contribution in [0, 0.1) is 0 Å². The van der Waals surface area contributed by atoms with Crippen LogP contribution in [0.1, 0.15) is 11.3 Å². The molecule has 4 N–H and O–H groups in total. The second-order valence-electron chi connectivity index (χ2n) is 4.28. The molecule has 0 spiro atoms. The summed E-state index contributed by atoms with van der Waals surface area (Å²) in [7, 11) is 0. The van der Waals surface area contributed by atoms with E-state index in [-0.39, 0.29) is 0 Å². The third-order valence-corrected chi connectivity index (χ3v) is 3.00. The zero-order valence-corrected chi connectivity index (χ0v) is 9.98. The highest BCUT2D eigenvalue weighted by Gasteiger charge is 2.15. The van der Waals surface area contributed by atoms with Gasteiger partial charge in [0.05, 0.1) is 5.69 Å². The molecule has 1 aromatic heterocycles. The molecule has 0 unspecified atom stereocenters. The maximum Gasteiger partial charge on any atom is 0.229 e. The first kappa shape index (κ1) is 11.0. The standard InChI is InChI=1S/C13H15N5/c14-12-10-6-7-15-8-11(10)17-13(18-12)16-9-4-2-1-3-5-9/h1-5,15H,6-8H2,(H3,14,16,17,18). The highest BCUT2D eigenvalue weighted by molar-refractivity contribution is 5.56. The summed E-state index contributed by atoms with van der Waals surface area (Å²) in [4.78, 5) is 8.81. The highest BCUT2D eigenvalue weighted by Crippen LogP contribution is 2.21. The molecular weight excluding hydrogens is 226 g/mol. The SMILES string of the molecule is Nc1nc(Nc2ccccc2)nc2c1CCNC2. The Morgan fingerprint density at radius 3 is 2.83 bits per heavy atom. The van der Waals surface area contributed by atoms with Gasteiger partial charge in [-0.2, -0.15) is 4.98 Å². The molecule has 1 aromatic carbocycles. The fourth-order valence-electron chi connectivity index (χ4n) is 2.09. The monoisotopic (exact) mass is 241 g/mol. The van der Waals surface area contributed by atoms with Crippen LogP contribution in [0.25, 0.3) is 0 Å². The Kier molecular flexibility index (Phi) is 2.82. The first-order chi connectivity index (χ1) is 8.83. The minimum Gasteiger partial charge on any atom is -0.383 e. The summed E-state index contributed by atoms with van der Waals surface area (Å²) in [5, 5.41) is 6.45. The number of hydrogen-bond donors (Lipinski definition) is 3. The molecule has 0 saturated heterocycles. The number of benzene rings is 1. The lowest BCUT2D eigenvalue weighted by Gasteiger charge is -2.18. The molecule has 5 heteroatoms. The second-order valence-corrected chi connectivity index (χ2v) is 4.28. The molecule has 1 aliphatic rings. The Hall–Kier alpha value is -2.14. The van der Waals surface area contributed by atoms with Gasteiger partial charge in [0.15, 0.2) is 0 Å². The van der Waals surface area contributed by atoms with Crippen LogP contribution in [0.3, 0.4) is 0 Å². The summed E-state index contributed by atoms with van der Waals surface area (Å²) in [6.07, 6.45) is 0.896. The second kappa shape index (κ2) is 4.62. The van der Waals surface area contributed by atoms with Crippen molar-refractivity contribution in [3.63, 3.8) is 0 Å². The van der Waals surface area contributed by atoms with Gasteiger partial charge in [0, 0.05) is 17.8 Å². The molecule has 0 amide bonds. The molecule has 0 saturated carbocycles. The van der Waals surface area contributed by atoms with Crippen molar-refractivity contribution in [2.24, 2.45) is 0 Å². The number of fused-ring (bicyclic) bond motifs is 1. The summed E-state index contributed by atoms with van der Waals surface area (Å²) in [6.45, 7) is 1.69. The number of nitrogens with zero attached hydrogens (tertiary/aromatic N) is 2. The lowest BCUT2D eigenvalue weighted by Crippen LogP contribution is -2.26. The van der Waals surface area contributed by atoms with Gasteiger partial charge in [-0.1, -0.05) is 18.2 Å². The van der Waals surface area contributed by atoms with Crippen LogP contribution in [-0.4, -0.2) is 16.5 Å². The maximum atomic E-state index is 5.98. The summed E-state index contributed by atoms with van der Waals surface area (Å²) >= 11 is 0. The molecule has 0 aliphatic carbocycles. The quantitative estimate of drug-likeness (QED) is 0.742. The van der Waals surface area contributed by atoms with Gasteiger partial charge < -0.3 is 16.4 Å². The molecule has 2 heterocycles. The molecular formula is C13H15N5. The van der Waals surface area contributed by atoms with Crippen molar-refractivity contribution in [2.75, 3.05) is 17.6 Å². The van der Waals surface area contributed by atoms with Crippen molar-refractivity contribution in [2.45, 2.75) is 13.0 Å². The van der Waals surface area contributed by atoms with Crippen molar-refractivity contribution >= 4 is 17.5 Å². The largest absolute Gasteiger partial charge is 0.383 e. The summed E-state index contributed by atoms with van der Waals surface area (Å²) in [5.74, 6) is 1.14. The van der Waals surface area contributed by atoms with E-state index in [1.54, 1.807) is 0 Å². The molecule has 0 bridgehead atoms. The van der Waals surface area contributed by atoms with E-state index in [4.69, 9.17) is 5.73 Å². The number of para-hydroxylation sites is 1. The number of rotatable bonds is 2. The van der Waals surface area contributed by atoms with Gasteiger partial charge in [-0.15, -0.1) is 0 Å². The van der Waals surface area contributed by atoms with Crippen LogP contribution in [-0.2, 0) is 13.0 Å². The lowest BCUT2D eigenvalue weighted by molar-refractivity contribution is 0.626. The van der Waals surface area contributed by atoms with Crippen molar-refractivity contribution in [3.8, 4) is 0 Å². The molecule has 1 aliphatic heterocycles. The van der Waals surface area contributed by atoms with E-state index >= 15 is 0 Å². The summed E-state index contributed by atoms with van der Waals surface area (Å²) in [5.41, 5.74) is 9.00. The van der Waals surface area contributed by atoms with Crippen molar-refractivity contribution < 1.29 is 0 Å². The van der Waals surface area contributed by atoms with Gasteiger partial charge >= 0.3 is 0 Å². The topological polar surface area (TPSA) is 75.9 Å². The normalized spacial score (nSPS) is 14.0. The van der Waals surface area contributed by atoms with Crippen LogP contribution < -0.4 is 16.4 Å². The number of anilines is 3. The Bertz CT molecular complexity index is 553. The predicted molar refractivity (Wildman–Crippen MR) is 71.6 cm³/mol. The third kappa shape index (κ3) is 2.12. The van der Waals surface area contributed by atoms with Crippen LogP contribution in [0.4, 0.5) is 17.5 Å². The molecule has 18 heavy (non-hydrogen) atoms. The van der Waals surface area contributed by atoms with E-state index in [0.29, 0.717) is 11.8 Å². The molecule has 2 aromatic rings. The fraction of sp³-hybridized carbons (Fsp3) is 0.231. The lowest BCUT2D eigenvalue weighted by atomic mass is 10.1. The number of nitrogen functional groups attached to an aromatic ring is 1. The number of aromatic nitrogens is 2. The van der Waals surface area contributed by atoms with Crippen LogP contribution in [0.5, 0.6) is 0 Å². The summed E-state index contributed by atoms with van der Waals surface area (Å²) in [6, 6.07) is 9.84. The maximum absolute atomic E-state index is 5.98. The van der Waals surface area contributed by atoms with Crippen LogP contribution >= 0.6 is 0 Å². The van der Waals surface area contributed by atoms with E-state index < -0.39 is 0 Å². The van der Waals surface area contributed by atoms with E-state index in [1.165, 1.54) is 0 Å². The van der Waals surface area contributed by atoms with Crippen LogP contribution in [0.15, 0.2) is 30.3 Å². The zero-order chi connectivity index (χ0) is 12.4. The number of nitrogens with one attached hydrogen (secondary N) is 2. The highest BCUT2D eigenvalue weighted by atomic mass is 15.1. The third-order valence-electron chi connectivity index (χ3n) is 3.00.